The van der Waals surface area contributed by atoms with Gasteiger partial charge in [0.2, 0.25) is 5.95 Å². The Morgan fingerprint density at radius 1 is 0.947 bits per heavy atom. The highest BCUT2D eigenvalue weighted by molar-refractivity contribution is 5.63. The molecule has 2 N–H and O–H groups in total. The highest BCUT2D eigenvalue weighted by Crippen LogP contribution is 2.23. The Bertz CT molecular complexity index is 547. The number of anilines is 2. The van der Waals surface area contributed by atoms with Crippen LogP contribution in [0.3, 0.4) is 0 Å². The number of rotatable bonds is 2. The molecule has 2 heterocycles. The van der Waals surface area contributed by atoms with E-state index in [2.05, 4.69) is 14.9 Å². The van der Waals surface area contributed by atoms with E-state index >= 15 is 0 Å². The molecule has 4 nitrogen and oxygen atoms in total. The summed E-state index contributed by atoms with van der Waals surface area (Å²) in [5, 5.41) is 0. The molecule has 0 radical (unpaired) electrons. The zero-order valence-corrected chi connectivity index (χ0v) is 10.9. The van der Waals surface area contributed by atoms with Crippen molar-refractivity contribution < 1.29 is 0 Å². The first-order valence-electron chi connectivity index (χ1n) is 6.78. The van der Waals surface area contributed by atoms with Gasteiger partial charge in [0.1, 0.15) is 5.82 Å². The first kappa shape index (κ1) is 12.0. The first-order chi connectivity index (χ1) is 9.33. The van der Waals surface area contributed by atoms with Crippen LogP contribution in [0.15, 0.2) is 36.4 Å². The van der Waals surface area contributed by atoms with E-state index < -0.39 is 0 Å². The van der Waals surface area contributed by atoms with Crippen molar-refractivity contribution in [3.05, 3.63) is 36.4 Å². The topological polar surface area (TPSA) is 55.0 Å². The molecule has 0 unspecified atom stereocenters. The van der Waals surface area contributed by atoms with Crippen molar-refractivity contribution in [2.24, 2.45) is 0 Å². The van der Waals surface area contributed by atoms with E-state index in [1.54, 1.807) is 0 Å². The smallest absolute Gasteiger partial charge is 0.227 e. The highest BCUT2D eigenvalue weighted by Gasteiger charge is 2.15. The van der Waals surface area contributed by atoms with E-state index in [4.69, 9.17) is 5.73 Å². The molecule has 0 saturated carbocycles. The quantitative estimate of drug-likeness (QED) is 0.895. The first-order valence-corrected chi connectivity index (χ1v) is 6.78. The molecule has 1 aliphatic heterocycles. The minimum atomic E-state index is 0.537. The average Bonchev–Trinajstić information content (AvgIpc) is 2.48. The van der Waals surface area contributed by atoms with Crippen LogP contribution < -0.4 is 10.6 Å². The van der Waals surface area contributed by atoms with Gasteiger partial charge in [0.05, 0.1) is 5.69 Å². The minimum Gasteiger partial charge on any atom is -0.384 e. The molecule has 0 atom stereocenters. The fraction of sp³-hybridized carbons (Fsp3) is 0.333. The summed E-state index contributed by atoms with van der Waals surface area (Å²) in [7, 11) is 0. The molecule has 98 valence electrons. The van der Waals surface area contributed by atoms with Gasteiger partial charge in [-0.3, -0.25) is 0 Å². The third kappa shape index (κ3) is 2.67. The molecule has 0 aliphatic carbocycles. The van der Waals surface area contributed by atoms with Crippen molar-refractivity contribution in [1.82, 2.24) is 9.97 Å². The highest BCUT2D eigenvalue weighted by atomic mass is 15.3. The maximum Gasteiger partial charge on any atom is 0.227 e. The van der Waals surface area contributed by atoms with Gasteiger partial charge in [0, 0.05) is 24.7 Å². The molecule has 1 fully saturated rings. The molecule has 3 rings (SSSR count). The van der Waals surface area contributed by atoms with Crippen LogP contribution in [-0.2, 0) is 0 Å². The molecule has 1 aromatic heterocycles. The number of hydrogen-bond acceptors (Lipinski definition) is 4. The summed E-state index contributed by atoms with van der Waals surface area (Å²) >= 11 is 0. The van der Waals surface area contributed by atoms with E-state index in [9.17, 15) is 0 Å². The van der Waals surface area contributed by atoms with Crippen LogP contribution in [-0.4, -0.2) is 23.1 Å². The largest absolute Gasteiger partial charge is 0.384 e. The van der Waals surface area contributed by atoms with Crippen LogP contribution in [0.2, 0.25) is 0 Å². The second-order valence-electron chi connectivity index (χ2n) is 4.89. The molecule has 0 bridgehead atoms. The Morgan fingerprint density at radius 2 is 1.68 bits per heavy atom. The van der Waals surface area contributed by atoms with Crippen LogP contribution in [0.5, 0.6) is 0 Å². The lowest BCUT2D eigenvalue weighted by atomic mass is 10.1. The van der Waals surface area contributed by atoms with Gasteiger partial charge in [-0.1, -0.05) is 30.3 Å². The number of nitrogens with zero attached hydrogens (tertiary/aromatic N) is 3. The van der Waals surface area contributed by atoms with Gasteiger partial charge in [-0.2, -0.15) is 4.98 Å². The van der Waals surface area contributed by atoms with Gasteiger partial charge >= 0.3 is 0 Å². The van der Waals surface area contributed by atoms with Crippen LogP contribution in [0.1, 0.15) is 19.3 Å². The molecule has 0 amide bonds. The molecule has 4 heteroatoms. The van der Waals surface area contributed by atoms with Gasteiger partial charge in [0.15, 0.2) is 0 Å². The maximum absolute atomic E-state index is 5.93. The fourth-order valence-electron chi connectivity index (χ4n) is 2.44. The summed E-state index contributed by atoms with van der Waals surface area (Å²) in [6, 6.07) is 11.9. The Balaban J connectivity index is 1.96. The van der Waals surface area contributed by atoms with Crippen LogP contribution in [0.4, 0.5) is 11.8 Å². The lowest BCUT2D eigenvalue weighted by molar-refractivity contribution is 0.568. The number of hydrogen-bond donors (Lipinski definition) is 1. The number of benzene rings is 1. The van der Waals surface area contributed by atoms with Crippen molar-refractivity contribution >= 4 is 11.8 Å². The number of nitrogen functional groups attached to an aromatic ring is 1. The zero-order chi connectivity index (χ0) is 13.1. The Morgan fingerprint density at radius 3 is 2.42 bits per heavy atom. The molecule has 1 aliphatic rings. The third-order valence-corrected chi connectivity index (χ3v) is 3.44. The summed E-state index contributed by atoms with van der Waals surface area (Å²) in [5.41, 5.74) is 7.90. The van der Waals surface area contributed by atoms with E-state index in [0.29, 0.717) is 5.82 Å². The van der Waals surface area contributed by atoms with Crippen LogP contribution in [0, 0.1) is 0 Å². The van der Waals surface area contributed by atoms with Gasteiger partial charge in [-0.25, -0.2) is 4.98 Å². The van der Waals surface area contributed by atoms with E-state index in [-0.39, 0.29) is 0 Å². The standard InChI is InChI=1S/C15H18N4/c16-14-11-13(12-7-3-1-4-8-12)17-15(18-14)19-9-5-2-6-10-19/h1,3-4,7-8,11H,2,5-6,9-10H2,(H2,16,17,18). The number of nitrogens with two attached hydrogens (primary N) is 1. The molecule has 1 aromatic carbocycles. The molecule has 19 heavy (non-hydrogen) atoms. The summed E-state index contributed by atoms with van der Waals surface area (Å²) in [6.07, 6.45) is 3.71. The third-order valence-electron chi connectivity index (χ3n) is 3.44. The summed E-state index contributed by atoms with van der Waals surface area (Å²) < 4.78 is 0. The van der Waals surface area contributed by atoms with E-state index in [1.807, 2.05) is 36.4 Å². The molecular formula is C15H18N4. The average molecular weight is 254 g/mol. The zero-order valence-electron chi connectivity index (χ0n) is 10.9. The molecular weight excluding hydrogens is 236 g/mol. The normalized spacial score (nSPS) is 15.5. The monoisotopic (exact) mass is 254 g/mol. The van der Waals surface area contributed by atoms with Crippen LogP contribution in [0.25, 0.3) is 11.3 Å². The maximum atomic E-state index is 5.93. The number of aromatic nitrogens is 2. The van der Waals surface area contributed by atoms with Gasteiger partial charge in [-0.15, -0.1) is 0 Å². The Labute approximate surface area is 113 Å². The van der Waals surface area contributed by atoms with E-state index in [1.165, 1.54) is 19.3 Å². The van der Waals surface area contributed by atoms with Crippen molar-refractivity contribution in [2.75, 3.05) is 23.7 Å². The predicted octanol–water partition coefficient (Wildman–Crippen LogP) is 2.72. The van der Waals surface area contributed by atoms with Crippen molar-refractivity contribution in [3.63, 3.8) is 0 Å². The van der Waals surface area contributed by atoms with Crippen molar-refractivity contribution in [1.29, 1.82) is 0 Å². The lowest BCUT2D eigenvalue weighted by Gasteiger charge is -2.27. The number of piperidine rings is 1. The second-order valence-corrected chi connectivity index (χ2v) is 4.89. The van der Waals surface area contributed by atoms with Gasteiger partial charge < -0.3 is 10.6 Å². The fourth-order valence-corrected chi connectivity index (χ4v) is 2.44. The predicted molar refractivity (Wildman–Crippen MR) is 77.9 cm³/mol. The SMILES string of the molecule is Nc1cc(-c2ccccc2)nc(N2CCCCC2)n1. The van der Waals surface area contributed by atoms with E-state index in [0.717, 1.165) is 30.3 Å². The summed E-state index contributed by atoms with van der Waals surface area (Å²) in [6.45, 7) is 2.05. The second kappa shape index (κ2) is 5.26. The Kier molecular flexibility index (Phi) is 3.31. The molecule has 1 saturated heterocycles. The molecule has 2 aromatic rings. The lowest BCUT2D eigenvalue weighted by Crippen LogP contribution is -2.31. The summed E-state index contributed by atoms with van der Waals surface area (Å²) in [5.74, 6) is 1.30. The van der Waals surface area contributed by atoms with Gasteiger partial charge in [-0.05, 0) is 19.3 Å². The van der Waals surface area contributed by atoms with Gasteiger partial charge in [0.25, 0.3) is 0 Å². The van der Waals surface area contributed by atoms with Crippen LogP contribution >= 0.6 is 0 Å². The minimum absolute atomic E-state index is 0.537. The van der Waals surface area contributed by atoms with Crippen molar-refractivity contribution in [3.8, 4) is 11.3 Å². The molecule has 0 spiro atoms. The Hall–Kier alpha value is -2.10. The summed E-state index contributed by atoms with van der Waals surface area (Å²) in [4.78, 5) is 11.3. The van der Waals surface area contributed by atoms with Crippen molar-refractivity contribution in [2.45, 2.75) is 19.3 Å².